The maximum atomic E-state index is 3.50. The molecule has 0 aliphatic rings. The summed E-state index contributed by atoms with van der Waals surface area (Å²) in [6.45, 7) is 5.53. The van der Waals surface area contributed by atoms with Gasteiger partial charge in [0.05, 0.1) is 0 Å². The predicted molar refractivity (Wildman–Crippen MR) is 73.5 cm³/mol. The molecule has 0 amide bonds. The van der Waals surface area contributed by atoms with Gasteiger partial charge in [0.2, 0.25) is 0 Å². The molecule has 0 atom stereocenters. The number of rotatable bonds is 6. The summed E-state index contributed by atoms with van der Waals surface area (Å²) in [7, 11) is 0. The van der Waals surface area contributed by atoms with Gasteiger partial charge in [-0.3, -0.25) is 4.90 Å². The van der Waals surface area contributed by atoms with E-state index >= 15 is 0 Å². The molecule has 0 unspecified atom stereocenters. The van der Waals surface area contributed by atoms with Crippen LogP contribution in [0.15, 0.2) is 28.7 Å². The molecule has 0 aliphatic carbocycles. The zero-order valence-corrected chi connectivity index (χ0v) is 12.2. The molecule has 1 aromatic carbocycles. The fourth-order valence-electron chi connectivity index (χ4n) is 1.53. The van der Waals surface area contributed by atoms with E-state index in [2.05, 4.69) is 67.9 Å². The fraction of sp³-hybridized carbons (Fsp3) is 0.500. The third kappa shape index (κ3) is 5.14. The first-order chi connectivity index (χ1) is 7.26. The molecule has 0 fully saturated rings. The van der Waals surface area contributed by atoms with Crippen molar-refractivity contribution < 1.29 is 0 Å². The summed E-state index contributed by atoms with van der Waals surface area (Å²) in [5.74, 6) is 0. The molecule has 0 saturated heterocycles. The lowest BCUT2D eigenvalue weighted by Gasteiger charge is -2.19. The highest BCUT2D eigenvalue weighted by atomic mass is 79.9. The van der Waals surface area contributed by atoms with Crippen molar-refractivity contribution in [2.24, 2.45) is 0 Å². The highest BCUT2D eigenvalue weighted by molar-refractivity contribution is 9.10. The second-order valence-corrected chi connectivity index (χ2v) is 5.25. The predicted octanol–water partition coefficient (Wildman–Crippen LogP) is 4.06. The monoisotopic (exact) mass is 333 g/mol. The van der Waals surface area contributed by atoms with Crippen molar-refractivity contribution >= 4 is 31.9 Å². The molecule has 1 rings (SSSR count). The third-order valence-electron chi connectivity index (χ3n) is 2.35. The summed E-state index contributed by atoms with van der Waals surface area (Å²) in [5, 5.41) is 1.09. The molecule has 0 saturated carbocycles. The average molecular weight is 335 g/mol. The number of benzene rings is 1. The SMILES string of the molecule is CCN(CCCBr)Cc1cccc(Br)c1. The van der Waals surface area contributed by atoms with Crippen LogP contribution in [-0.4, -0.2) is 23.3 Å². The molecular formula is C12H17Br2N. The molecule has 0 heterocycles. The van der Waals surface area contributed by atoms with Crippen LogP contribution in [0.3, 0.4) is 0 Å². The van der Waals surface area contributed by atoms with Crippen LogP contribution in [0.1, 0.15) is 18.9 Å². The Balaban J connectivity index is 2.50. The molecular weight excluding hydrogens is 318 g/mol. The Labute approximate surface area is 109 Å². The summed E-state index contributed by atoms with van der Waals surface area (Å²) in [6, 6.07) is 8.54. The second kappa shape index (κ2) is 7.42. The Bertz CT molecular complexity index is 289. The van der Waals surface area contributed by atoms with Crippen molar-refractivity contribution in [2.75, 3.05) is 18.4 Å². The summed E-state index contributed by atoms with van der Waals surface area (Å²) in [5.41, 5.74) is 1.38. The number of hydrogen-bond acceptors (Lipinski definition) is 1. The molecule has 0 N–H and O–H groups in total. The van der Waals surface area contributed by atoms with Crippen molar-refractivity contribution in [1.82, 2.24) is 4.90 Å². The van der Waals surface area contributed by atoms with Gasteiger partial charge in [-0.2, -0.15) is 0 Å². The molecule has 0 aromatic heterocycles. The highest BCUT2D eigenvalue weighted by Crippen LogP contribution is 2.13. The average Bonchev–Trinajstić information content (AvgIpc) is 2.24. The Morgan fingerprint density at radius 2 is 2.13 bits per heavy atom. The molecule has 15 heavy (non-hydrogen) atoms. The summed E-state index contributed by atoms with van der Waals surface area (Å²) < 4.78 is 1.16. The molecule has 1 aromatic rings. The van der Waals surface area contributed by atoms with Crippen LogP contribution in [0.2, 0.25) is 0 Å². The molecule has 1 nitrogen and oxygen atoms in total. The van der Waals surface area contributed by atoms with E-state index < -0.39 is 0 Å². The van der Waals surface area contributed by atoms with Crippen LogP contribution >= 0.6 is 31.9 Å². The minimum atomic E-state index is 1.04. The van der Waals surface area contributed by atoms with Gasteiger partial charge in [-0.05, 0) is 37.2 Å². The number of alkyl halides is 1. The quantitative estimate of drug-likeness (QED) is 0.709. The van der Waals surface area contributed by atoms with Crippen LogP contribution in [0.4, 0.5) is 0 Å². The summed E-state index contributed by atoms with van der Waals surface area (Å²) >= 11 is 6.97. The fourth-order valence-corrected chi connectivity index (χ4v) is 2.22. The Hall–Kier alpha value is 0.140. The van der Waals surface area contributed by atoms with Crippen molar-refractivity contribution in [3.05, 3.63) is 34.3 Å². The molecule has 0 aliphatic heterocycles. The Morgan fingerprint density at radius 3 is 2.73 bits per heavy atom. The molecule has 0 radical (unpaired) electrons. The Kier molecular flexibility index (Phi) is 6.53. The lowest BCUT2D eigenvalue weighted by molar-refractivity contribution is 0.281. The normalized spacial score (nSPS) is 10.9. The minimum Gasteiger partial charge on any atom is -0.299 e. The van der Waals surface area contributed by atoms with Crippen LogP contribution in [0.25, 0.3) is 0 Å². The van der Waals surface area contributed by atoms with E-state index in [0.29, 0.717) is 0 Å². The van der Waals surface area contributed by atoms with Gasteiger partial charge in [-0.15, -0.1) is 0 Å². The van der Waals surface area contributed by atoms with Crippen LogP contribution in [0.5, 0.6) is 0 Å². The first-order valence-corrected chi connectivity index (χ1v) is 7.20. The van der Waals surface area contributed by atoms with Crippen molar-refractivity contribution in [2.45, 2.75) is 19.9 Å². The van der Waals surface area contributed by atoms with Crippen molar-refractivity contribution in [1.29, 1.82) is 0 Å². The van der Waals surface area contributed by atoms with E-state index in [9.17, 15) is 0 Å². The minimum absolute atomic E-state index is 1.04. The first-order valence-electron chi connectivity index (χ1n) is 5.29. The van der Waals surface area contributed by atoms with Gasteiger partial charge < -0.3 is 0 Å². The van der Waals surface area contributed by atoms with Crippen LogP contribution in [-0.2, 0) is 6.54 Å². The zero-order valence-electron chi connectivity index (χ0n) is 9.05. The molecule has 0 bridgehead atoms. The third-order valence-corrected chi connectivity index (χ3v) is 3.40. The Morgan fingerprint density at radius 1 is 1.33 bits per heavy atom. The van der Waals surface area contributed by atoms with E-state index in [4.69, 9.17) is 0 Å². The molecule has 84 valence electrons. The number of halogens is 2. The zero-order chi connectivity index (χ0) is 11.1. The number of hydrogen-bond donors (Lipinski definition) is 0. The van der Waals surface area contributed by atoms with Crippen molar-refractivity contribution in [3.63, 3.8) is 0 Å². The lowest BCUT2D eigenvalue weighted by Crippen LogP contribution is -2.24. The standard InChI is InChI=1S/C12H17Br2N/c1-2-15(8-4-7-13)10-11-5-3-6-12(14)9-11/h3,5-6,9H,2,4,7-8,10H2,1H3. The summed E-state index contributed by atoms with van der Waals surface area (Å²) in [6.07, 6.45) is 1.21. The van der Waals surface area contributed by atoms with Gasteiger partial charge in [-0.25, -0.2) is 0 Å². The first kappa shape index (κ1) is 13.2. The van der Waals surface area contributed by atoms with E-state index in [1.54, 1.807) is 0 Å². The largest absolute Gasteiger partial charge is 0.299 e. The van der Waals surface area contributed by atoms with Gasteiger partial charge in [0.1, 0.15) is 0 Å². The lowest BCUT2D eigenvalue weighted by atomic mass is 10.2. The van der Waals surface area contributed by atoms with Gasteiger partial charge in [0, 0.05) is 16.3 Å². The molecule has 0 spiro atoms. The highest BCUT2D eigenvalue weighted by Gasteiger charge is 2.03. The van der Waals surface area contributed by atoms with Crippen molar-refractivity contribution in [3.8, 4) is 0 Å². The van der Waals surface area contributed by atoms with E-state index in [1.165, 1.54) is 12.0 Å². The van der Waals surface area contributed by atoms with Crippen LogP contribution < -0.4 is 0 Å². The van der Waals surface area contributed by atoms with Crippen LogP contribution in [0, 0.1) is 0 Å². The van der Waals surface area contributed by atoms with E-state index in [1.807, 2.05) is 0 Å². The maximum Gasteiger partial charge on any atom is 0.0234 e. The van der Waals surface area contributed by atoms with E-state index in [0.717, 1.165) is 29.4 Å². The van der Waals surface area contributed by atoms with Gasteiger partial charge >= 0.3 is 0 Å². The number of nitrogens with zero attached hydrogens (tertiary/aromatic N) is 1. The second-order valence-electron chi connectivity index (χ2n) is 3.54. The maximum absolute atomic E-state index is 3.50. The van der Waals surface area contributed by atoms with E-state index in [-0.39, 0.29) is 0 Å². The topological polar surface area (TPSA) is 3.24 Å². The van der Waals surface area contributed by atoms with Gasteiger partial charge in [0.15, 0.2) is 0 Å². The summed E-state index contributed by atoms with van der Waals surface area (Å²) in [4.78, 5) is 2.46. The van der Waals surface area contributed by atoms with Gasteiger partial charge in [0.25, 0.3) is 0 Å². The van der Waals surface area contributed by atoms with Gasteiger partial charge in [-0.1, -0.05) is 50.9 Å². The molecule has 3 heteroatoms. The smallest absolute Gasteiger partial charge is 0.0234 e.